The van der Waals surface area contributed by atoms with Gasteiger partial charge in [0, 0.05) is 49.0 Å². The van der Waals surface area contributed by atoms with E-state index in [-0.39, 0.29) is 11.3 Å². The first-order valence-electron chi connectivity index (χ1n) is 11.4. The first-order chi connectivity index (χ1) is 16.7. The molecule has 0 saturated heterocycles. The molecule has 2 aliphatic carbocycles. The number of hydrogen-bond acceptors (Lipinski definition) is 6. The highest BCUT2D eigenvalue weighted by Crippen LogP contribution is 2.73. The summed E-state index contributed by atoms with van der Waals surface area (Å²) in [4.78, 5) is 18.5. The Morgan fingerprint density at radius 3 is 2.39 bits per heavy atom. The number of carbonyl (C=O) groups excluding carboxylic acids is 1. The summed E-state index contributed by atoms with van der Waals surface area (Å²) in [6, 6.07) is 0. The molecule has 0 radical (unpaired) electrons. The number of allylic oxidation sites excluding steroid dienone is 8. The maximum atomic E-state index is 15.6. The van der Waals surface area contributed by atoms with Gasteiger partial charge in [-0.1, -0.05) is 6.92 Å². The van der Waals surface area contributed by atoms with Crippen molar-refractivity contribution in [3.8, 4) is 0 Å². The van der Waals surface area contributed by atoms with E-state index in [1.54, 1.807) is 49.9 Å². The third-order valence-electron chi connectivity index (χ3n) is 8.39. The average Bonchev–Trinajstić information content (AvgIpc) is 3.14. The second kappa shape index (κ2) is 7.39. The van der Waals surface area contributed by atoms with Crippen LogP contribution in [0, 0.1) is 11.3 Å². The molecule has 36 heavy (non-hydrogen) atoms. The zero-order valence-corrected chi connectivity index (χ0v) is 20.6. The van der Waals surface area contributed by atoms with Gasteiger partial charge in [0.15, 0.2) is 0 Å². The molecule has 5 aliphatic rings. The van der Waals surface area contributed by atoms with E-state index in [2.05, 4.69) is 0 Å². The van der Waals surface area contributed by atoms with Crippen LogP contribution in [0.4, 0.5) is 22.0 Å². The molecule has 6 nitrogen and oxygen atoms in total. The van der Waals surface area contributed by atoms with Crippen molar-refractivity contribution in [2.24, 2.45) is 11.3 Å². The molecule has 0 aromatic heterocycles. The van der Waals surface area contributed by atoms with Crippen LogP contribution in [-0.2, 0) is 14.3 Å². The number of methoxy groups -OCH3 is 1. The van der Waals surface area contributed by atoms with E-state index < -0.39 is 52.3 Å². The SMILES string of the molecule is COC1=CC2=C3C(F)=C(C(F)(F)F)C(F)=CC3C3(C)C(OC(=O)C4=C(C)N(C)CN4C)C3(C)N2C=C1. The lowest BCUT2D eigenvalue weighted by Gasteiger charge is -2.43. The Hall–Kier alpha value is -3.24. The van der Waals surface area contributed by atoms with Crippen LogP contribution in [-0.4, -0.2) is 66.4 Å². The van der Waals surface area contributed by atoms with Crippen LogP contribution in [0.15, 0.2) is 70.1 Å². The normalized spacial score (nSPS) is 33.4. The van der Waals surface area contributed by atoms with Crippen molar-refractivity contribution in [1.29, 1.82) is 0 Å². The maximum Gasteiger partial charge on any atom is 0.422 e. The third-order valence-corrected chi connectivity index (χ3v) is 8.39. The number of hydrogen-bond donors (Lipinski definition) is 0. The lowest BCUT2D eigenvalue weighted by Crippen LogP contribution is -2.44. The van der Waals surface area contributed by atoms with E-state index in [9.17, 15) is 22.4 Å². The summed E-state index contributed by atoms with van der Waals surface area (Å²) >= 11 is 0. The van der Waals surface area contributed by atoms with Crippen LogP contribution >= 0.6 is 0 Å². The molecule has 0 amide bonds. The molecule has 0 N–H and O–H groups in total. The van der Waals surface area contributed by atoms with Gasteiger partial charge in [0.2, 0.25) is 0 Å². The summed E-state index contributed by atoms with van der Waals surface area (Å²) in [7, 11) is 4.95. The molecule has 3 aliphatic heterocycles. The number of carbonyl (C=O) groups is 1. The lowest BCUT2D eigenvalue weighted by atomic mass is 9.72. The maximum absolute atomic E-state index is 15.6. The molecule has 5 rings (SSSR count). The Balaban J connectivity index is 1.63. The molecule has 1 fully saturated rings. The Morgan fingerprint density at radius 1 is 1.17 bits per heavy atom. The molecule has 0 aromatic carbocycles. The Bertz CT molecular complexity index is 1260. The standard InChI is InChI=1S/C25H26F5N3O3/c1-12-20(32(5)11-31(12)4)21(34)36-22-23(2)14-10-15(26)18(25(28,29)30)19(27)17(14)16-9-13(35-6)7-8-33(16)24(22,23)3/h7-10,14,22H,11H2,1-6H3. The first-order valence-corrected chi connectivity index (χ1v) is 11.4. The first kappa shape index (κ1) is 24.5. The monoisotopic (exact) mass is 511 g/mol. The van der Waals surface area contributed by atoms with Gasteiger partial charge >= 0.3 is 12.1 Å². The molecule has 4 unspecified atom stereocenters. The minimum atomic E-state index is -5.23. The zero-order chi connectivity index (χ0) is 26.5. The number of rotatable bonds is 3. The van der Waals surface area contributed by atoms with Crippen molar-refractivity contribution in [2.45, 2.75) is 38.6 Å². The number of esters is 1. The fourth-order valence-corrected chi connectivity index (χ4v) is 6.19. The summed E-state index contributed by atoms with van der Waals surface area (Å²) in [5.74, 6) is -4.78. The van der Waals surface area contributed by atoms with Crippen molar-refractivity contribution in [3.63, 3.8) is 0 Å². The summed E-state index contributed by atoms with van der Waals surface area (Å²) in [6.07, 6.45) is -0.727. The van der Waals surface area contributed by atoms with Crippen molar-refractivity contribution in [1.82, 2.24) is 14.7 Å². The molecule has 194 valence electrons. The zero-order valence-electron chi connectivity index (χ0n) is 20.6. The molecule has 3 heterocycles. The van der Waals surface area contributed by atoms with Gasteiger partial charge < -0.3 is 24.2 Å². The van der Waals surface area contributed by atoms with Crippen molar-refractivity contribution in [3.05, 3.63) is 70.1 Å². The van der Waals surface area contributed by atoms with Gasteiger partial charge in [-0.25, -0.2) is 13.6 Å². The molecule has 0 aromatic rings. The Labute approximate surface area is 205 Å². The van der Waals surface area contributed by atoms with Crippen LogP contribution < -0.4 is 0 Å². The van der Waals surface area contributed by atoms with Gasteiger partial charge in [-0.3, -0.25) is 0 Å². The Morgan fingerprint density at radius 2 is 1.83 bits per heavy atom. The molecule has 0 spiro atoms. The van der Waals surface area contributed by atoms with Gasteiger partial charge in [-0.15, -0.1) is 0 Å². The smallest absolute Gasteiger partial charge is 0.422 e. The average molecular weight is 511 g/mol. The number of ether oxygens (including phenoxy) is 2. The van der Waals surface area contributed by atoms with Gasteiger partial charge in [-0.2, -0.15) is 13.2 Å². The van der Waals surface area contributed by atoms with Crippen LogP contribution in [0.25, 0.3) is 0 Å². The molecule has 1 saturated carbocycles. The second-order valence-electron chi connectivity index (χ2n) is 10.1. The van der Waals surface area contributed by atoms with Gasteiger partial charge in [0.25, 0.3) is 0 Å². The van der Waals surface area contributed by atoms with E-state index >= 15 is 4.39 Å². The number of nitrogens with zero attached hydrogens (tertiary/aromatic N) is 3. The van der Waals surface area contributed by atoms with Crippen LogP contribution in [0.1, 0.15) is 20.8 Å². The highest BCUT2D eigenvalue weighted by Gasteiger charge is 2.82. The number of alkyl halides is 3. The predicted molar refractivity (Wildman–Crippen MR) is 119 cm³/mol. The van der Waals surface area contributed by atoms with E-state index in [1.807, 2.05) is 11.9 Å². The fraction of sp³-hybridized carbons (Fsp3) is 0.480. The number of fused-ring (bicyclic) bond motifs is 5. The van der Waals surface area contributed by atoms with E-state index in [0.717, 1.165) is 6.08 Å². The van der Waals surface area contributed by atoms with Crippen molar-refractivity contribution >= 4 is 5.97 Å². The van der Waals surface area contributed by atoms with Gasteiger partial charge in [0.05, 0.1) is 25.0 Å². The van der Waals surface area contributed by atoms with Crippen molar-refractivity contribution in [2.75, 3.05) is 27.9 Å². The Kier molecular flexibility index (Phi) is 5.02. The van der Waals surface area contributed by atoms with Crippen LogP contribution in [0.2, 0.25) is 0 Å². The van der Waals surface area contributed by atoms with E-state index in [1.165, 1.54) is 13.2 Å². The van der Waals surface area contributed by atoms with E-state index in [4.69, 9.17) is 9.47 Å². The summed E-state index contributed by atoms with van der Waals surface area (Å²) in [5, 5.41) is 0. The molecule has 11 heteroatoms. The minimum Gasteiger partial charge on any atom is -0.497 e. The van der Waals surface area contributed by atoms with Gasteiger partial charge in [0.1, 0.15) is 34.8 Å². The van der Waals surface area contributed by atoms with Gasteiger partial charge in [-0.05, 0) is 26.0 Å². The highest BCUT2D eigenvalue weighted by atomic mass is 19.4. The van der Waals surface area contributed by atoms with E-state index in [0.29, 0.717) is 23.8 Å². The summed E-state index contributed by atoms with van der Waals surface area (Å²) < 4.78 is 82.5. The number of likely N-dealkylation sites (N-methyl/N-ethyl adjacent to an activating group) is 1. The summed E-state index contributed by atoms with van der Waals surface area (Å²) in [5.41, 5.74) is -3.19. The minimum absolute atomic E-state index is 0.106. The van der Waals surface area contributed by atoms with Crippen molar-refractivity contribution < 1.29 is 36.2 Å². The quantitative estimate of drug-likeness (QED) is 0.407. The molecular weight excluding hydrogens is 485 g/mol. The lowest BCUT2D eigenvalue weighted by molar-refractivity contribution is -0.143. The van der Waals surface area contributed by atoms with Crippen LogP contribution in [0.3, 0.4) is 0 Å². The molecular formula is C25H26F5N3O3. The van der Waals surface area contributed by atoms with Crippen LogP contribution in [0.5, 0.6) is 0 Å². The summed E-state index contributed by atoms with van der Waals surface area (Å²) in [6.45, 7) is 5.72. The second-order valence-corrected chi connectivity index (χ2v) is 10.1. The fourth-order valence-electron chi connectivity index (χ4n) is 6.19. The molecule has 0 bridgehead atoms. The molecule has 4 atom stereocenters. The third kappa shape index (κ3) is 2.91. The predicted octanol–water partition coefficient (Wildman–Crippen LogP) is 4.64. The highest BCUT2D eigenvalue weighted by molar-refractivity contribution is 5.89. The largest absolute Gasteiger partial charge is 0.497 e. The topological polar surface area (TPSA) is 45.3 Å². The number of halogens is 5.